The van der Waals surface area contributed by atoms with Crippen molar-refractivity contribution in [3.05, 3.63) is 0 Å². The Balaban J connectivity index is 0. The third kappa shape index (κ3) is 31.5. The summed E-state index contributed by atoms with van der Waals surface area (Å²) in [6.07, 6.45) is 13.3. The average Bonchev–Trinajstić information content (AvgIpc) is 2.49. The minimum Gasteiger partial charge on any atom is -0.480 e. The minimum absolute atomic E-state index is 0.0776. The predicted molar refractivity (Wildman–Crippen MR) is 98.9 cm³/mol. The van der Waals surface area contributed by atoms with Crippen LogP contribution >= 0.6 is 0 Å². The van der Waals surface area contributed by atoms with Gasteiger partial charge in [0.05, 0.1) is 0 Å². The lowest BCUT2D eigenvalue weighted by Crippen LogP contribution is -2.41. The molecule has 9 heteroatoms. The van der Waals surface area contributed by atoms with Crippen LogP contribution in [0.15, 0.2) is 0 Å². The maximum Gasteiger partial charge on any atom is 0.394 e. The van der Waals surface area contributed by atoms with E-state index in [1.165, 1.54) is 57.8 Å². The molecule has 0 aromatic carbocycles. The highest BCUT2D eigenvalue weighted by Gasteiger charge is 2.05. The predicted octanol–water partition coefficient (Wildman–Crippen LogP) is 3.17. The zero-order valence-electron chi connectivity index (χ0n) is 15.6. The molecule has 25 heavy (non-hydrogen) atoms. The molecule has 4 N–H and O–H groups in total. The molecule has 0 saturated heterocycles. The second-order valence-corrected chi connectivity index (χ2v) is 6.84. The fourth-order valence-electron chi connectivity index (χ4n) is 2.29. The molecule has 0 bridgehead atoms. The van der Waals surface area contributed by atoms with Crippen LogP contribution in [-0.4, -0.2) is 53.2 Å². The average molecular weight is 385 g/mol. The number of likely N-dealkylation sites (N-methyl/N-ethyl adjacent to an activating group) is 1. The van der Waals surface area contributed by atoms with Gasteiger partial charge in [-0.05, 0) is 6.42 Å². The number of hydrogen-bond acceptors (Lipinski definition) is 5. The highest BCUT2D eigenvalue weighted by Crippen LogP contribution is 2.10. The van der Waals surface area contributed by atoms with Gasteiger partial charge in [0, 0.05) is 13.1 Å². The van der Waals surface area contributed by atoms with E-state index in [0.29, 0.717) is 0 Å². The molecule has 0 aliphatic rings. The Morgan fingerprint density at radius 3 is 1.64 bits per heavy atom. The van der Waals surface area contributed by atoms with Crippen LogP contribution in [-0.2, 0) is 15.2 Å². The van der Waals surface area contributed by atoms with Crippen molar-refractivity contribution in [2.24, 2.45) is 0 Å². The summed E-state index contributed by atoms with van der Waals surface area (Å²) in [6, 6.07) is 0. The lowest BCUT2D eigenvalue weighted by atomic mass is 10.1. The van der Waals surface area contributed by atoms with Gasteiger partial charge in [0.1, 0.15) is 6.54 Å². The van der Waals surface area contributed by atoms with Crippen molar-refractivity contribution in [1.29, 1.82) is 0 Å². The van der Waals surface area contributed by atoms with Crippen LogP contribution in [0.5, 0.6) is 0 Å². The number of nitrogens with one attached hydrogen (secondary N) is 1. The Morgan fingerprint density at radius 2 is 1.28 bits per heavy atom. The molecule has 0 radical (unpaired) electrons. The smallest absolute Gasteiger partial charge is 0.394 e. The molecule has 0 rings (SSSR count). The van der Waals surface area contributed by atoms with Crippen molar-refractivity contribution < 1.29 is 27.4 Å². The Labute approximate surface area is 152 Å². The Hall–Kier alpha value is -0.740. The van der Waals surface area contributed by atoms with Gasteiger partial charge in [0.25, 0.3) is 0 Å². The second-order valence-electron chi connectivity index (χ2n) is 5.95. The van der Waals surface area contributed by atoms with Crippen molar-refractivity contribution in [2.75, 3.05) is 19.6 Å². The molecule has 0 aliphatic heterocycles. The maximum absolute atomic E-state index is 10.6. The summed E-state index contributed by atoms with van der Waals surface area (Å²) in [5, 5.41) is 10.5. The maximum atomic E-state index is 10.6. The Morgan fingerprint density at radius 1 is 0.880 bits per heavy atom. The fraction of sp³-hybridized carbons (Fsp3) is 0.938. The van der Waals surface area contributed by atoms with Crippen molar-refractivity contribution >= 4 is 16.4 Å². The number of rotatable bonds is 15. The van der Waals surface area contributed by atoms with Crippen LogP contribution in [0.2, 0.25) is 0 Å². The van der Waals surface area contributed by atoms with Crippen molar-refractivity contribution in [3.8, 4) is 0 Å². The first-order chi connectivity index (χ1) is 11.7. The summed E-state index contributed by atoms with van der Waals surface area (Å²) in [7, 11) is -4.67. The number of aliphatic carboxylic acids is 1. The number of nitrogens with zero attached hydrogens (tertiary/aromatic N) is 1. The van der Waals surface area contributed by atoms with E-state index in [9.17, 15) is 4.79 Å². The van der Waals surface area contributed by atoms with Gasteiger partial charge in [-0.25, -0.2) is 5.01 Å². The Bertz CT molecular complexity index is 395. The zero-order valence-corrected chi connectivity index (χ0v) is 16.4. The molecular formula is C16H36N2O6S. The monoisotopic (exact) mass is 384 g/mol. The highest BCUT2D eigenvalue weighted by atomic mass is 32.3. The van der Waals surface area contributed by atoms with E-state index in [-0.39, 0.29) is 6.54 Å². The third-order valence-corrected chi connectivity index (χ3v) is 3.57. The molecule has 8 nitrogen and oxygen atoms in total. The van der Waals surface area contributed by atoms with Crippen LogP contribution in [0.4, 0.5) is 0 Å². The first kappa shape index (κ1) is 26.5. The number of carbonyl (C=O) groups is 1. The highest BCUT2D eigenvalue weighted by molar-refractivity contribution is 7.79. The lowest BCUT2D eigenvalue weighted by molar-refractivity contribution is -0.139. The molecule has 0 saturated carbocycles. The topological polar surface area (TPSA) is 127 Å². The molecular weight excluding hydrogens is 348 g/mol. The first-order valence-electron chi connectivity index (χ1n) is 9.10. The fourth-order valence-corrected chi connectivity index (χ4v) is 2.29. The van der Waals surface area contributed by atoms with E-state index < -0.39 is 16.4 Å². The Kier molecular flexibility index (Phi) is 19.1. The molecule has 0 atom stereocenters. The largest absolute Gasteiger partial charge is 0.480 e. The molecule has 0 aromatic heterocycles. The third-order valence-electron chi connectivity index (χ3n) is 3.57. The minimum atomic E-state index is -4.67. The molecule has 0 fully saturated rings. The molecule has 0 aromatic rings. The molecule has 0 unspecified atom stereocenters. The lowest BCUT2D eigenvalue weighted by Gasteiger charge is -2.19. The SMILES string of the molecule is CCCCCCCCCCCCNN(CC)CC(=O)O.O=S(=O)(O)O. The van der Waals surface area contributed by atoms with Gasteiger partial charge >= 0.3 is 16.4 Å². The normalized spacial score (nSPS) is 11.2. The number of hydrogen-bond donors (Lipinski definition) is 4. The van der Waals surface area contributed by atoms with Gasteiger partial charge in [-0.2, -0.15) is 8.42 Å². The van der Waals surface area contributed by atoms with E-state index in [0.717, 1.165) is 19.5 Å². The van der Waals surface area contributed by atoms with Crippen LogP contribution < -0.4 is 5.43 Å². The van der Waals surface area contributed by atoms with Gasteiger partial charge in [-0.15, -0.1) is 0 Å². The van der Waals surface area contributed by atoms with Crippen LogP contribution in [0.3, 0.4) is 0 Å². The van der Waals surface area contributed by atoms with Crippen molar-refractivity contribution in [1.82, 2.24) is 10.4 Å². The van der Waals surface area contributed by atoms with Crippen LogP contribution in [0, 0.1) is 0 Å². The van der Waals surface area contributed by atoms with E-state index in [1.807, 2.05) is 6.92 Å². The number of unbranched alkanes of at least 4 members (excludes halogenated alkanes) is 9. The van der Waals surface area contributed by atoms with Gasteiger partial charge in [0.15, 0.2) is 0 Å². The molecule has 0 amide bonds. The van der Waals surface area contributed by atoms with Crippen molar-refractivity contribution in [2.45, 2.75) is 78.1 Å². The van der Waals surface area contributed by atoms with E-state index in [1.54, 1.807) is 5.01 Å². The molecule has 0 aliphatic carbocycles. The van der Waals surface area contributed by atoms with Crippen LogP contribution in [0.25, 0.3) is 0 Å². The van der Waals surface area contributed by atoms with E-state index in [2.05, 4.69) is 12.3 Å². The summed E-state index contributed by atoms with van der Waals surface area (Å²) in [4.78, 5) is 10.6. The number of hydrazine groups is 1. The number of carboxylic acid groups (broad SMARTS) is 1. The van der Waals surface area contributed by atoms with Gasteiger partial charge in [-0.3, -0.25) is 19.3 Å². The summed E-state index contributed by atoms with van der Waals surface area (Å²) in [6.45, 7) is 5.91. The molecule has 0 heterocycles. The second kappa shape index (κ2) is 18.1. The summed E-state index contributed by atoms with van der Waals surface area (Å²) >= 11 is 0. The standard InChI is InChI=1S/C16H34N2O2.H2O4S/c1-3-5-6-7-8-9-10-11-12-13-14-17-18(4-2)15-16(19)20;1-5(2,3)4/h17H,3-15H2,1-2H3,(H,19,20);(H2,1,2,3,4). The molecule has 152 valence electrons. The summed E-state index contributed by atoms with van der Waals surface area (Å²) in [5.41, 5.74) is 3.18. The summed E-state index contributed by atoms with van der Waals surface area (Å²) in [5.74, 6) is -0.776. The summed E-state index contributed by atoms with van der Waals surface area (Å²) < 4.78 is 31.6. The molecule has 0 spiro atoms. The first-order valence-corrected chi connectivity index (χ1v) is 10.5. The van der Waals surface area contributed by atoms with E-state index in [4.69, 9.17) is 22.6 Å². The quantitative estimate of drug-likeness (QED) is 0.193. The zero-order chi connectivity index (χ0) is 19.6. The van der Waals surface area contributed by atoms with Crippen molar-refractivity contribution in [3.63, 3.8) is 0 Å². The van der Waals surface area contributed by atoms with Crippen LogP contribution in [0.1, 0.15) is 78.1 Å². The van der Waals surface area contributed by atoms with Gasteiger partial charge in [-0.1, -0.05) is 71.6 Å². The number of carboxylic acids is 1. The van der Waals surface area contributed by atoms with Gasteiger partial charge < -0.3 is 5.11 Å². The van der Waals surface area contributed by atoms with Gasteiger partial charge in [0.2, 0.25) is 0 Å². The van der Waals surface area contributed by atoms with E-state index >= 15 is 0 Å².